The van der Waals surface area contributed by atoms with Gasteiger partial charge < -0.3 is 9.84 Å². The summed E-state index contributed by atoms with van der Waals surface area (Å²) in [4.78, 5) is 0.0383. The molecule has 0 fully saturated rings. The summed E-state index contributed by atoms with van der Waals surface area (Å²) in [7, 11) is -2.43. The molecule has 0 aliphatic heterocycles. The van der Waals surface area contributed by atoms with Gasteiger partial charge in [0.15, 0.2) is 0 Å². The number of hydrogen-bond donors (Lipinski definition) is 2. The normalized spacial score (nSPS) is 11.2. The van der Waals surface area contributed by atoms with E-state index < -0.39 is 10.0 Å². The first-order valence-corrected chi connectivity index (χ1v) is 7.79. The Morgan fingerprint density at radius 3 is 2.33 bits per heavy atom. The number of ether oxygens (including phenoxy) is 1. The molecule has 2 aromatic carbocycles. The fourth-order valence-electron chi connectivity index (χ4n) is 1.89. The summed E-state index contributed by atoms with van der Waals surface area (Å²) in [6.45, 7) is 3.71. The Morgan fingerprint density at radius 2 is 1.71 bits per heavy atom. The van der Waals surface area contributed by atoms with Gasteiger partial charge in [-0.25, -0.2) is 8.42 Å². The third kappa shape index (κ3) is 3.11. The minimum Gasteiger partial charge on any atom is -0.506 e. The van der Waals surface area contributed by atoms with Crippen molar-refractivity contribution >= 4 is 15.7 Å². The third-order valence-corrected chi connectivity index (χ3v) is 4.60. The van der Waals surface area contributed by atoms with Crippen LogP contribution in [0.5, 0.6) is 11.5 Å². The Hall–Kier alpha value is -2.21. The van der Waals surface area contributed by atoms with Crippen LogP contribution in [0.3, 0.4) is 0 Å². The van der Waals surface area contributed by atoms with Gasteiger partial charge in [-0.3, -0.25) is 4.72 Å². The van der Waals surface area contributed by atoms with E-state index in [9.17, 15) is 13.5 Å². The molecule has 0 aromatic heterocycles. The van der Waals surface area contributed by atoms with Gasteiger partial charge in [0.25, 0.3) is 10.0 Å². The highest BCUT2D eigenvalue weighted by atomic mass is 32.2. The van der Waals surface area contributed by atoms with Crippen molar-refractivity contribution in [2.24, 2.45) is 0 Å². The quantitative estimate of drug-likeness (QED) is 0.852. The number of aromatic hydroxyl groups is 1. The van der Waals surface area contributed by atoms with Crippen molar-refractivity contribution in [3.05, 3.63) is 47.5 Å². The summed E-state index contributed by atoms with van der Waals surface area (Å²) in [6.07, 6.45) is 0. The van der Waals surface area contributed by atoms with Crippen molar-refractivity contribution in [3.63, 3.8) is 0 Å². The maximum Gasteiger partial charge on any atom is 0.265 e. The molecule has 2 aromatic rings. The Bertz CT molecular complexity index is 769. The summed E-state index contributed by atoms with van der Waals surface area (Å²) in [5, 5.41) is 9.69. The van der Waals surface area contributed by atoms with Crippen molar-refractivity contribution in [1.82, 2.24) is 0 Å². The number of phenolic OH excluding ortho intramolecular Hbond substituents is 1. The van der Waals surface area contributed by atoms with Gasteiger partial charge in [-0.2, -0.15) is 0 Å². The van der Waals surface area contributed by atoms with Gasteiger partial charge in [0, 0.05) is 0 Å². The maximum absolute atomic E-state index is 12.5. The second-order valence-corrected chi connectivity index (χ2v) is 6.36. The van der Waals surface area contributed by atoms with Crippen LogP contribution < -0.4 is 9.46 Å². The molecule has 112 valence electrons. The highest BCUT2D eigenvalue weighted by Crippen LogP contribution is 2.31. The Balaban J connectivity index is 2.50. The topological polar surface area (TPSA) is 75.6 Å². The molecule has 0 heterocycles. The fourth-order valence-corrected chi connectivity index (χ4v) is 3.20. The number of sulfonamides is 1. The zero-order valence-corrected chi connectivity index (χ0v) is 12.9. The van der Waals surface area contributed by atoms with E-state index in [0.717, 1.165) is 11.1 Å². The second kappa shape index (κ2) is 5.65. The lowest BCUT2D eigenvalue weighted by Crippen LogP contribution is -2.14. The number of benzene rings is 2. The van der Waals surface area contributed by atoms with Crippen LogP contribution >= 0.6 is 0 Å². The molecular weight excluding hydrogens is 290 g/mol. The second-order valence-electron chi connectivity index (χ2n) is 4.71. The number of aryl methyl sites for hydroxylation is 2. The summed E-state index contributed by atoms with van der Waals surface area (Å²) >= 11 is 0. The van der Waals surface area contributed by atoms with Gasteiger partial charge in [-0.1, -0.05) is 12.1 Å². The maximum atomic E-state index is 12.5. The van der Waals surface area contributed by atoms with Crippen LogP contribution in [0.1, 0.15) is 11.1 Å². The Morgan fingerprint density at radius 1 is 1.10 bits per heavy atom. The lowest BCUT2D eigenvalue weighted by Gasteiger charge is -2.14. The molecule has 0 atom stereocenters. The first-order valence-electron chi connectivity index (χ1n) is 6.31. The summed E-state index contributed by atoms with van der Waals surface area (Å²) in [5.74, 6) is 0.130. The lowest BCUT2D eigenvalue weighted by atomic mass is 10.1. The minimum atomic E-state index is -3.85. The van der Waals surface area contributed by atoms with Gasteiger partial charge in [-0.15, -0.1) is 0 Å². The van der Waals surface area contributed by atoms with E-state index in [4.69, 9.17) is 4.74 Å². The number of phenols is 1. The minimum absolute atomic E-state index is 0.0383. The van der Waals surface area contributed by atoms with Gasteiger partial charge in [0.05, 0.1) is 12.8 Å². The predicted octanol–water partition coefficient (Wildman–Crippen LogP) is 2.82. The van der Waals surface area contributed by atoms with E-state index >= 15 is 0 Å². The molecule has 0 bridgehead atoms. The zero-order valence-electron chi connectivity index (χ0n) is 12.0. The molecule has 0 saturated heterocycles. The molecule has 0 radical (unpaired) electrons. The van der Waals surface area contributed by atoms with E-state index in [0.29, 0.717) is 0 Å². The SMILES string of the molecule is COc1cc(C)c(C)cc1S(=O)(=O)Nc1ccccc1O. The number of hydrogen-bond acceptors (Lipinski definition) is 4. The van der Waals surface area contributed by atoms with Crippen molar-refractivity contribution < 1.29 is 18.3 Å². The van der Waals surface area contributed by atoms with E-state index in [1.165, 1.54) is 19.2 Å². The fraction of sp³-hybridized carbons (Fsp3) is 0.200. The Labute approximate surface area is 124 Å². The van der Waals surface area contributed by atoms with Crippen LogP contribution in [-0.2, 0) is 10.0 Å². The molecule has 5 nitrogen and oxygen atoms in total. The largest absolute Gasteiger partial charge is 0.506 e. The highest BCUT2D eigenvalue weighted by molar-refractivity contribution is 7.92. The molecule has 6 heteroatoms. The zero-order chi connectivity index (χ0) is 15.6. The van der Waals surface area contributed by atoms with Crippen molar-refractivity contribution in [1.29, 1.82) is 0 Å². The molecule has 0 amide bonds. The molecule has 2 rings (SSSR count). The average Bonchev–Trinajstić information content (AvgIpc) is 2.43. The molecule has 0 aliphatic carbocycles. The first kappa shape index (κ1) is 15.2. The van der Waals surface area contributed by atoms with E-state index in [1.54, 1.807) is 24.3 Å². The molecular formula is C15H17NO4S. The van der Waals surface area contributed by atoms with Gasteiger partial charge in [0.2, 0.25) is 0 Å². The van der Waals surface area contributed by atoms with E-state index in [2.05, 4.69) is 4.72 Å². The first-order chi connectivity index (χ1) is 9.85. The molecule has 0 saturated carbocycles. The molecule has 0 spiro atoms. The van der Waals surface area contributed by atoms with Crippen LogP contribution in [-0.4, -0.2) is 20.6 Å². The van der Waals surface area contributed by atoms with Crippen molar-refractivity contribution in [2.75, 3.05) is 11.8 Å². The van der Waals surface area contributed by atoms with Crippen LogP contribution in [0.15, 0.2) is 41.3 Å². The Kier molecular flexibility index (Phi) is 4.09. The number of rotatable bonds is 4. The summed E-state index contributed by atoms with van der Waals surface area (Å²) < 4.78 is 32.5. The van der Waals surface area contributed by atoms with Crippen molar-refractivity contribution in [2.45, 2.75) is 18.7 Å². The molecule has 2 N–H and O–H groups in total. The number of para-hydroxylation sites is 2. The predicted molar refractivity (Wildman–Crippen MR) is 81.4 cm³/mol. The van der Waals surface area contributed by atoms with Crippen LogP contribution in [0.2, 0.25) is 0 Å². The average molecular weight is 307 g/mol. The molecule has 0 aliphatic rings. The van der Waals surface area contributed by atoms with E-state index in [1.807, 2.05) is 13.8 Å². The smallest absolute Gasteiger partial charge is 0.265 e. The summed E-state index contributed by atoms with van der Waals surface area (Å²) in [5.41, 5.74) is 1.90. The third-order valence-electron chi connectivity index (χ3n) is 3.22. The monoisotopic (exact) mass is 307 g/mol. The van der Waals surface area contributed by atoms with E-state index in [-0.39, 0.29) is 22.1 Å². The highest BCUT2D eigenvalue weighted by Gasteiger charge is 2.21. The number of anilines is 1. The number of nitrogens with one attached hydrogen (secondary N) is 1. The van der Waals surface area contributed by atoms with Gasteiger partial charge in [-0.05, 0) is 49.2 Å². The van der Waals surface area contributed by atoms with Gasteiger partial charge in [0.1, 0.15) is 16.4 Å². The van der Waals surface area contributed by atoms with Crippen LogP contribution in [0, 0.1) is 13.8 Å². The number of methoxy groups -OCH3 is 1. The van der Waals surface area contributed by atoms with Crippen LogP contribution in [0.25, 0.3) is 0 Å². The van der Waals surface area contributed by atoms with Crippen LogP contribution in [0.4, 0.5) is 5.69 Å². The standard InChI is InChI=1S/C15H17NO4S/c1-10-8-14(20-3)15(9-11(10)2)21(18,19)16-12-6-4-5-7-13(12)17/h4-9,16-17H,1-3H3. The molecule has 21 heavy (non-hydrogen) atoms. The lowest BCUT2D eigenvalue weighted by molar-refractivity contribution is 0.402. The van der Waals surface area contributed by atoms with Gasteiger partial charge >= 0.3 is 0 Å². The van der Waals surface area contributed by atoms with Crippen molar-refractivity contribution in [3.8, 4) is 11.5 Å². The molecule has 0 unspecified atom stereocenters. The summed E-state index contributed by atoms with van der Waals surface area (Å²) in [6, 6.07) is 9.38.